The summed E-state index contributed by atoms with van der Waals surface area (Å²) in [7, 11) is 0. The first-order valence-electron chi connectivity index (χ1n) is 6.00. The number of pyridine rings is 1. The predicted molar refractivity (Wildman–Crippen MR) is 64.8 cm³/mol. The molecule has 5 nitrogen and oxygen atoms in total. The summed E-state index contributed by atoms with van der Waals surface area (Å²) in [4.78, 5) is 27.5. The third-order valence-electron chi connectivity index (χ3n) is 3.12. The summed E-state index contributed by atoms with van der Waals surface area (Å²) in [6.07, 6.45) is 2.13. The van der Waals surface area contributed by atoms with Crippen molar-refractivity contribution >= 4 is 11.9 Å². The largest absolute Gasteiger partial charge is 0.466 e. The van der Waals surface area contributed by atoms with Crippen LogP contribution in [0.4, 0.5) is 0 Å². The van der Waals surface area contributed by atoms with Gasteiger partial charge < -0.3 is 10.1 Å². The number of esters is 1. The van der Waals surface area contributed by atoms with Crippen molar-refractivity contribution in [2.75, 3.05) is 13.2 Å². The first-order chi connectivity index (χ1) is 8.66. The number of aromatic nitrogens is 1. The minimum absolute atomic E-state index is 0.0510. The maximum absolute atomic E-state index is 11.7. The molecule has 1 aromatic rings. The van der Waals surface area contributed by atoms with E-state index in [1.54, 1.807) is 13.1 Å². The van der Waals surface area contributed by atoms with Gasteiger partial charge in [-0.15, -0.1) is 0 Å². The molecule has 1 N–H and O–H groups in total. The van der Waals surface area contributed by atoms with E-state index in [2.05, 4.69) is 10.3 Å². The smallest absolute Gasteiger partial charge is 0.306 e. The van der Waals surface area contributed by atoms with E-state index in [0.29, 0.717) is 13.2 Å². The molecule has 18 heavy (non-hydrogen) atoms. The summed E-state index contributed by atoms with van der Waals surface area (Å²) in [6.45, 7) is 2.55. The molecule has 2 heterocycles. The second kappa shape index (κ2) is 5.16. The van der Waals surface area contributed by atoms with Crippen LogP contribution in [-0.4, -0.2) is 30.0 Å². The van der Waals surface area contributed by atoms with E-state index < -0.39 is 5.41 Å². The number of amides is 1. The molecule has 0 radical (unpaired) electrons. The number of hydrogen-bond donors (Lipinski definition) is 1. The van der Waals surface area contributed by atoms with Gasteiger partial charge >= 0.3 is 5.97 Å². The lowest BCUT2D eigenvalue weighted by atomic mass is 9.80. The average molecular weight is 248 g/mol. The highest BCUT2D eigenvalue weighted by atomic mass is 16.5. The summed E-state index contributed by atoms with van der Waals surface area (Å²) in [6, 6.07) is 5.52. The van der Waals surface area contributed by atoms with Crippen molar-refractivity contribution in [2.24, 2.45) is 0 Å². The topological polar surface area (TPSA) is 68.3 Å². The Morgan fingerprint density at radius 3 is 2.94 bits per heavy atom. The van der Waals surface area contributed by atoms with Crippen LogP contribution in [0.5, 0.6) is 0 Å². The maximum Gasteiger partial charge on any atom is 0.306 e. The first-order valence-corrected chi connectivity index (χ1v) is 6.00. The molecule has 96 valence electrons. The van der Waals surface area contributed by atoms with Gasteiger partial charge in [-0.2, -0.15) is 0 Å². The zero-order valence-corrected chi connectivity index (χ0v) is 10.3. The number of hydrogen-bond acceptors (Lipinski definition) is 4. The zero-order valence-electron chi connectivity index (χ0n) is 10.3. The molecule has 1 aliphatic heterocycles. The summed E-state index contributed by atoms with van der Waals surface area (Å²) in [5, 5.41) is 2.77. The quantitative estimate of drug-likeness (QED) is 0.800. The maximum atomic E-state index is 11.7. The molecule has 1 unspecified atom stereocenters. The highest BCUT2D eigenvalue weighted by molar-refractivity contribution is 5.83. The number of carbonyl (C=O) groups excluding carboxylic acids is 2. The Balaban J connectivity index is 2.25. The number of rotatable bonds is 4. The lowest BCUT2D eigenvalue weighted by Crippen LogP contribution is -2.33. The molecule has 0 spiro atoms. The molecule has 5 heteroatoms. The van der Waals surface area contributed by atoms with Crippen molar-refractivity contribution in [2.45, 2.75) is 25.2 Å². The molecule has 1 amide bonds. The fraction of sp³-hybridized carbons (Fsp3) is 0.462. The second-order valence-electron chi connectivity index (χ2n) is 4.43. The minimum Gasteiger partial charge on any atom is -0.466 e. The highest BCUT2D eigenvalue weighted by Gasteiger charge is 2.43. The Labute approximate surface area is 106 Å². The van der Waals surface area contributed by atoms with Crippen LogP contribution in [0, 0.1) is 0 Å². The summed E-state index contributed by atoms with van der Waals surface area (Å²) in [5.74, 6) is -0.343. The van der Waals surface area contributed by atoms with Crippen LogP contribution in [0.2, 0.25) is 0 Å². The van der Waals surface area contributed by atoms with E-state index in [9.17, 15) is 9.59 Å². The molecule has 0 saturated carbocycles. The van der Waals surface area contributed by atoms with Gasteiger partial charge in [0.1, 0.15) is 0 Å². The monoisotopic (exact) mass is 248 g/mol. The van der Waals surface area contributed by atoms with Gasteiger partial charge in [0, 0.05) is 30.3 Å². The van der Waals surface area contributed by atoms with Crippen LogP contribution >= 0.6 is 0 Å². The third kappa shape index (κ3) is 2.50. The normalized spacial score (nSPS) is 22.6. The molecule has 1 atom stereocenters. The van der Waals surface area contributed by atoms with E-state index in [4.69, 9.17) is 4.74 Å². The fourth-order valence-electron chi connectivity index (χ4n) is 2.26. The molecule has 2 rings (SSSR count). The van der Waals surface area contributed by atoms with E-state index in [-0.39, 0.29) is 24.7 Å². The molecule has 1 aromatic heterocycles. The van der Waals surface area contributed by atoms with Crippen LogP contribution in [0.25, 0.3) is 0 Å². The average Bonchev–Trinajstić information content (AvgIpc) is 2.73. The number of nitrogens with zero attached hydrogens (tertiary/aromatic N) is 1. The molecule has 0 aliphatic carbocycles. The van der Waals surface area contributed by atoms with Crippen molar-refractivity contribution in [3.63, 3.8) is 0 Å². The van der Waals surface area contributed by atoms with E-state index >= 15 is 0 Å². The van der Waals surface area contributed by atoms with Crippen LogP contribution in [0.15, 0.2) is 24.4 Å². The van der Waals surface area contributed by atoms with Gasteiger partial charge in [0.05, 0.1) is 13.0 Å². The Morgan fingerprint density at radius 1 is 1.56 bits per heavy atom. The van der Waals surface area contributed by atoms with Gasteiger partial charge in [-0.1, -0.05) is 6.07 Å². The molecule has 1 aliphatic rings. The number of ether oxygens (including phenoxy) is 1. The van der Waals surface area contributed by atoms with E-state index in [1.807, 2.05) is 18.2 Å². The van der Waals surface area contributed by atoms with Gasteiger partial charge in [0.25, 0.3) is 0 Å². The molecular formula is C13H16N2O3. The van der Waals surface area contributed by atoms with E-state index in [1.165, 1.54) is 0 Å². The van der Waals surface area contributed by atoms with Crippen LogP contribution < -0.4 is 5.32 Å². The highest BCUT2D eigenvalue weighted by Crippen LogP contribution is 2.33. The molecule has 1 fully saturated rings. The van der Waals surface area contributed by atoms with Crippen LogP contribution in [0.1, 0.15) is 25.5 Å². The summed E-state index contributed by atoms with van der Waals surface area (Å²) < 4.78 is 4.98. The second-order valence-corrected chi connectivity index (χ2v) is 4.43. The Hall–Kier alpha value is -1.91. The van der Waals surface area contributed by atoms with Crippen LogP contribution in [-0.2, 0) is 19.7 Å². The van der Waals surface area contributed by atoms with Crippen molar-refractivity contribution < 1.29 is 14.3 Å². The van der Waals surface area contributed by atoms with E-state index in [0.717, 1.165) is 5.69 Å². The molecular weight excluding hydrogens is 232 g/mol. The van der Waals surface area contributed by atoms with Gasteiger partial charge in [-0.05, 0) is 19.1 Å². The minimum atomic E-state index is -0.565. The van der Waals surface area contributed by atoms with Crippen molar-refractivity contribution in [1.82, 2.24) is 10.3 Å². The third-order valence-corrected chi connectivity index (χ3v) is 3.12. The van der Waals surface area contributed by atoms with Gasteiger partial charge in [-0.3, -0.25) is 14.6 Å². The van der Waals surface area contributed by atoms with Crippen molar-refractivity contribution in [3.05, 3.63) is 30.1 Å². The number of carbonyl (C=O) groups is 2. The molecule has 0 aromatic carbocycles. The Morgan fingerprint density at radius 2 is 2.39 bits per heavy atom. The predicted octanol–water partition coefficient (Wildman–Crippen LogP) is 0.792. The standard InChI is InChI=1S/C13H16N2O3/c1-2-18-12(17)8-13(7-11(16)15-9-13)10-5-3-4-6-14-10/h3-6H,2,7-9H2,1H3,(H,15,16). The Kier molecular flexibility index (Phi) is 3.60. The van der Waals surface area contributed by atoms with Crippen molar-refractivity contribution in [3.8, 4) is 0 Å². The molecule has 0 bridgehead atoms. The first kappa shape index (κ1) is 12.5. The SMILES string of the molecule is CCOC(=O)CC1(c2ccccn2)CNC(=O)C1. The fourth-order valence-corrected chi connectivity index (χ4v) is 2.26. The zero-order chi connectivity index (χ0) is 13.0. The van der Waals surface area contributed by atoms with Gasteiger partial charge in [0.15, 0.2) is 0 Å². The molecule has 1 saturated heterocycles. The lowest BCUT2D eigenvalue weighted by Gasteiger charge is -2.25. The van der Waals surface area contributed by atoms with Gasteiger partial charge in [0.2, 0.25) is 5.91 Å². The van der Waals surface area contributed by atoms with Crippen LogP contribution in [0.3, 0.4) is 0 Å². The van der Waals surface area contributed by atoms with Gasteiger partial charge in [-0.25, -0.2) is 0 Å². The number of nitrogens with one attached hydrogen (secondary N) is 1. The summed E-state index contributed by atoms with van der Waals surface area (Å²) >= 11 is 0. The van der Waals surface area contributed by atoms with Crippen molar-refractivity contribution in [1.29, 1.82) is 0 Å². The Bertz CT molecular complexity index is 447. The lowest BCUT2D eigenvalue weighted by molar-refractivity contribution is -0.144. The summed E-state index contributed by atoms with van der Waals surface area (Å²) in [5.41, 5.74) is 0.196.